The number of carbonyl (C=O) groups excluding carboxylic acids is 1. The molecule has 1 N–H and O–H groups in total. The summed E-state index contributed by atoms with van der Waals surface area (Å²) in [6.07, 6.45) is 7.84. The second-order valence-electron chi connectivity index (χ2n) is 6.44. The van der Waals surface area contributed by atoms with Gasteiger partial charge in [0.2, 0.25) is 0 Å². The highest BCUT2D eigenvalue weighted by atomic mass is 127. The van der Waals surface area contributed by atoms with Gasteiger partial charge >= 0.3 is 5.97 Å². The molecule has 1 aliphatic rings. The van der Waals surface area contributed by atoms with E-state index >= 15 is 0 Å². The number of aryl methyl sites for hydroxylation is 1. The van der Waals surface area contributed by atoms with Crippen LogP contribution in [0.1, 0.15) is 44.2 Å². The van der Waals surface area contributed by atoms with Gasteiger partial charge in [0.25, 0.3) is 0 Å². The van der Waals surface area contributed by atoms with Gasteiger partial charge < -0.3 is 19.5 Å². The molecule has 0 aliphatic heterocycles. The van der Waals surface area contributed by atoms with Crippen LogP contribution in [0, 0.1) is 0 Å². The fourth-order valence-electron chi connectivity index (χ4n) is 3.05. The predicted octanol–water partition coefficient (Wildman–Crippen LogP) is 2.92. The first-order chi connectivity index (χ1) is 11.6. The lowest BCUT2D eigenvalue weighted by molar-refractivity contribution is -0.148. The molecular formula is C18H31IN4O2. The number of rotatable bonds is 7. The Morgan fingerprint density at radius 2 is 2.16 bits per heavy atom. The average Bonchev–Trinajstić information content (AvgIpc) is 3.20. The molecule has 7 heteroatoms. The highest BCUT2D eigenvalue weighted by molar-refractivity contribution is 14.0. The van der Waals surface area contributed by atoms with Crippen molar-refractivity contribution in [3.63, 3.8) is 0 Å². The Balaban J connectivity index is 0.00000312. The molecule has 0 saturated heterocycles. The van der Waals surface area contributed by atoms with Gasteiger partial charge in [0.1, 0.15) is 6.10 Å². The van der Waals surface area contributed by atoms with Gasteiger partial charge in [-0.15, -0.1) is 24.0 Å². The Hall–Kier alpha value is -1.25. The predicted molar refractivity (Wildman–Crippen MR) is 111 cm³/mol. The lowest BCUT2D eigenvalue weighted by Gasteiger charge is -2.22. The number of aliphatic imine (C=N–C) groups is 1. The number of aromatic nitrogens is 1. The first kappa shape index (κ1) is 21.8. The van der Waals surface area contributed by atoms with Gasteiger partial charge in [-0.3, -0.25) is 9.79 Å². The second kappa shape index (κ2) is 11.4. The molecule has 6 nitrogen and oxygen atoms in total. The molecule has 1 aromatic heterocycles. The smallest absolute Gasteiger partial charge is 0.306 e. The van der Waals surface area contributed by atoms with Crippen LogP contribution >= 0.6 is 24.0 Å². The molecule has 2 rings (SSSR count). The summed E-state index contributed by atoms with van der Waals surface area (Å²) in [5, 5.41) is 3.31. The maximum Gasteiger partial charge on any atom is 0.306 e. The van der Waals surface area contributed by atoms with Crippen LogP contribution in [0.5, 0.6) is 0 Å². The third-order valence-corrected chi connectivity index (χ3v) is 4.46. The van der Waals surface area contributed by atoms with E-state index in [9.17, 15) is 4.79 Å². The number of halogens is 1. The molecule has 0 unspecified atom stereocenters. The largest absolute Gasteiger partial charge is 0.462 e. The maximum absolute atomic E-state index is 11.8. The number of guanidine groups is 1. The van der Waals surface area contributed by atoms with Crippen molar-refractivity contribution in [1.82, 2.24) is 14.8 Å². The summed E-state index contributed by atoms with van der Waals surface area (Å²) in [5.41, 5.74) is 1.22. The monoisotopic (exact) mass is 462 g/mol. The van der Waals surface area contributed by atoms with Gasteiger partial charge in [0.15, 0.2) is 5.96 Å². The van der Waals surface area contributed by atoms with E-state index in [4.69, 9.17) is 4.74 Å². The van der Waals surface area contributed by atoms with E-state index in [1.807, 2.05) is 26.4 Å². The molecule has 1 heterocycles. The number of nitrogens with one attached hydrogen (secondary N) is 1. The van der Waals surface area contributed by atoms with Crippen LogP contribution in [-0.2, 0) is 23.1 Å². The molecule has 0 bridgehead atoms. The van der Waals surface area contributed by atoms with Gasteiger partial charge in [0, 0.05) is 46.0 Å². The molecule has 1 fully saturated rings. The van der Waals surface area contributed by atoms with Crippen LogP contribution in [0.3, 0.4) is 0 Å². The summed E-state index contributed by atoms with van der Waals surface area (Å²) in [6.45, 7) is 1.50. The van der Waals surface area contributed by atoms with E-state index in [0.29, 0.717) is 13.0 Å². The second-order valence-corrected chi connectivity index (χ2v) is 6.44. The zero-order valence-electron chi connectivity index (χ0n) is 15.5. The van der Waals surface area contributed by atoms with E-state index in [-0.39, 0.29) is 36.0 Å². The zero-order valence-corrected chi connectivity index (χ0v) is 17.9. The van der Waals surface area contributed by atoms with Crippen molar-refractivity contribution in [2.45, 2.75) is 51.2 Å². The van der Waals surface area contributed by atoms with Gasteiger partial charge in [-0.25, -0.2) is 0 Å². The zero-order chi connectivity index (χ0) is 17.4. The van der Waals surface area contributed by atoms with E-state index in [1.165, 1.54) is 18.5 Å². The van der Waals surface area contributed by atoms with Crippen LogP contribution in [0.4, 0.5) is 0 Å². The Morgan fingerprint density at radius 1 is 1.44 bits per heavy atom. The van der Waals surface area contributed by atoms with Crippen LogP contribution in [0.2, 0.25) is 0 Å². The van der Waals surface area contributed by atoms with Crippen LogP contribution in [0.15, 0.2) is 23.3 Å². The van der Waals surface area contributed by atoms with Crippen molar-refractivity contribution < 1.29 is 9.53 Å². The van der Waals surface area contributed by atoms with Crippen molar-refractivity contribution in [3.05, 3.63) is 24.0 Å². The Morgan fingerprint density at radius 3 is 2.76 bits per heavy atom. The van der Waals surface area contributed by atoms with Crippen molar-refractivity contribution >= 4 is 35.9 Å². The molecule has 142 valence electrons. The molecule has 0 radical (unpaired) electrons. The summed E-state index contributed by atoms with van der Waals surface area (Å²) in [7, 11) is 5.82. The Labute approximate surface area is 168 Å². The first-order valence-electron chi connectivity index (χ1n) is 8.81. The standard InChI is InChI=1S/C18H30N4O2.HI/c1-19-18(22(3)14-15-8-7-13-21(15)2)20-12-6-11-17(23)24-16-9-4-5-10-16;/h7-8,13,16H,4-6,9-12,14H2,1-3H3,(H,19,20);1H. The first-order valence-corrected chi connectivity index (χ1v) is 8.81. The third-order valence-electron chi connectivity index (χ3n) is 4.46. The molecular weight excluding hydrogens is 431 g/mol. The summed E-state index contributed by atoms with van der Waals surface area (Å²) >= 11 is 0. The number of hydrogen-bond acceptors (Lipinski definition) is 3. The van der Waals surface area contributed by atoms with Gasteiger partial charge in [0.05, 0.1) is 6.54 Å². The Bertz CT molecular complexity index is 553. The quantitative estimate of drug-likeness (QED) is 0.223. The molecule has 25 heavy (non-hydrogen) atoms. The van der Waals surface area contributed by atoms with E-state index in [1.54, 1.807) is 7.05 Å². The number of nitrogens with zero attached hydrogens (tertiary/aromatic N) is 3. The minimum atomic E-state index is -0.0733. The number of esters is 1. The van der Waals surface area contributed by atoms with Crippen LogP contribution in [0.25, 0.3) is 0 Å². The molecule has 0 atom stereocenters. The fraction of sp³-hybridized carbons (Fsp3) is 0.667. The molecule has 1 saturated carbocycles. The summed E-state index contributed by atoms with van der Waals surface area (Å²) in [4.78, 5) is 18.2. The van der Waals surface area contributed by atoms with E-state index in [0.717, 1.165) is 31.8 Å². The summed E-state index contributed by atoms with van der Waals surface area (Å²) < 4.78 is 7.57. The highest BCUT2D eigenvalue weighted by Crippen LogP contribution is 2.21. The van der Waals surface area contributed by atoms with Crippen molar-refractivity contribution in [3.8, 4) is 0 Å². The average molecular weight is 462 g/mol. The minimum Gasteiger partial charge on any atom is -0.462 e. The molecule has 0 amide bonds. The molecule has 0 spiro atoms. The Kier molecular flexibility index (Phi) is 9.92. The van der Waals surface area contributed by atoms with Gasteiger partial charge in [-0.1, -0.05) is 0 Å². The maximum atomic E-state index is 11.8. The molecule has 1 aromatic rings. The van der Waals surface area contributed by atoms with Gasteiger partial charge in [-0.2, -0.15) is 0 Å². The molecule has 0 aromatic carbocycles. The number of ether oxygens (including phenoxy) is 1. The summed E-state index contributed by atoms with van der Waals surface area (Å²) in [5.74, 6) is 0.760. The third kappa shape index (κ3) is 7.25. The van der Waals surface area contributed by atoms with Crippen molar-refractivity contribution in [2.75, 3.05) is 20.6 Å². The number of hydrogen-bond donors (Lipinski definition) is 1. The van der Waals surface area contributed by atoms with Crippen molar-refractivity contribution in [1.29, 1.82) is 0 Å². The van der Waals surface area contributed by atoms with Crippen LogP contribution < -0.4 is 5.32 Å². The van der Waals surface area contributed by atoms with Crippen molar-refractivity contribution in [2.24, 2.45) is 12.0 Å². The number of carbonyl (C=O) groups is 1. The lowest BCUT2D eigenvalue weighted by Crippen LogP contribution is -2.39. The normalized spacial score (nSPS) is 14.9. The lowest BCUT2D eigenvalue weighted by atomic mass is 10.3. The summed E-state index contributed by atoms with van der Waals surface area (Å²) in [6, 6.07) is 4.14. The topological polar surface area (TPSA) is 58.9 Å². The van der Waals surface area contributed by atoms with E-state index in [2.05, 4.69) is 25.8 Å². The SMILES string of the molecule is CN=C(NCCCC(=O)OC1CCCC1)N(C)Cc1cccn1C.I. The van der Waals surface area contributed by atoms with Crippen LogP contribution in [-0.4, -0.2) is 48.1 Å². The highest BCUT2D eigenvalue weighted by Gasteiger charge is 2.18. The van der Waals surface area contributed by atoms with E-state index < -0.39 is 0 Å². The van der Waals surface area contributed by atoms with Gasteiger partial charge in [-0.05, 0) is 44.2 Å². The minimum absolute atomic E-state index is 0. The molecule has 1 aliphatic carbocycles. The fourth-order valence-corrected chi connectivity index (χ4v) is 3.05.